The Morgan fingerprint density at radius 1 is 1.20 bits per heavy atom. The molecular formula is C19H23N3O2S. The Kier molecular flexibility index (Phi) is 6.19. The normalized spacial score (nSPS) is 17.0. The second-order valence-electron chi connectivity index (χ2n) is 6.27. The number of carbonyl (C=O) groups excluding carboxylic acids is 2. The van der Waals surface area contributed by atoms with Crippen LogP contribution in [0.2, 0.25) is 0 Å². The highest BCUT2D eigenvalue weighted by atomic mass is 32.1. The smallest absolute Gasteiger partial charge is 0.265 e. The summed E-state index contributed by atoms with van der Waals surface area (Å²) in [6.45, 7) is 2.82. The fourth-order valence-corrected chi connectivity index (χ4v) is 3.62. The summed E-state index contributed by atoms with van der Waals surface area (Å²) in [5.74, 6) is 0.388. The lowest BCUT2D eigenvalue weighted by Crippen LogP contribution is -2.33. The molecule has 2 amide bonds. The molecule has 5 nitrogen and oxygen atoms in total. The van der Waals surface area contributed by atoms with Gasteiger partial charge >= 0.3 is 0 Å². The van der Waals surface area contributed by atoms with E-state index in [-0.39, 0.29) is 11.8 Å². The third-order valence-electron chi connectivity index (χ3n) is 4.36. The van der Waals surface area contributed by atoms with Crippen molar-refractivity contribution >= 4 is 28.8 Å². The zero-order valence-electron chi connectivity index (χ0n) is 14.1. The molecule has 1 aromatic carbocycles. The SMILES string of the molecule is O=C(NCCC1CCCNC1)c1cccc(NC(=O)c2cccs2)c1. The van der Waals surface area contributed by atoms with Crippen molar-refractivity contribution in [2.45, 2.75) is 19.3 Å². The van der Waals surface area contributed by atoms with Crippen molar-refractivity contribution in [2.75, 3.05) is 25.0 Å². The number of hydrogen-bond acceptors (Lipinski definition) is 4. The fourth-order valence-electron chi connectivity index (χ4n) is 3.00. The standard InChI is InChI=1S/C19H23N3O2S/c23-18(21-10-8-14-4-2-9-20-13-14)15-5-1-6-16(12-15)22-19(24)17-7-3-11-25-17/h1,3,5-7,11-12,14,20H,2,4,8-10,13H2,(H,21,23)(H,22,24). The van der Waals surface area contributed by atoms with Gasteiger partial charge < -0.3 is 16.0 Å². The maximum Gasteiger partial charge on any atom is 0.265 e. The van der Waals surface area contributed by atoms with E-state index >= 15 is 0 Å². The molecule has 0 saturated carbocycles. The van der Waals surface area contributed by atoms with Gasteiger partial charge in [-0.25, -0.2) is 0 Å². The molecule has 1 unspecified atom stereocenters. The summed E-state index contributed by atoms with van der Waals surface area (Å²) < 4.78 is 0. The molecule has 0 radical (unpaired) electrons. The highest BCUT2D eigenvalue weighted by Crippen LogP contribution is 2.16. The number of amides is 2. The Morgan fingerprint density at radius 3 is 2.88 bits per heavy atom. The lowest BCUT2D eigenvalue weighted by Gasteiger charge is -2.22. The van der Waals surface area contributed by atoms with Crippen LogP contribution in [0.25, 0.3) is 0 Å². The first kappa shape index (κ1) is 17.6. The molecule has 1 atom stereocenters. The largest absolute Gasteiger partial charge is 0.352 e. The van der Waals surface area contributed by atoms with Crippen LogP contribution in [-0.4, -0.2) is 31.4 Å². The van der Waals surface area contributed by atoms with Crippen LogP contribution in [0.3, 0.4) is 0 Å². The van der Waals surface area contributed by atoms with Crippen LogP contribution in [-0.2, 0) is 0 Å². The first-order valence-corrected chi connectivity index (χ1v) is 9.54. The summed E-state index contributed by atoms with van der Waals surface area (Å²) in [7, 11) is 0. The van der Waals surface area contributed by atoms with Crippen molar-refractivity contribution in [3.05, 3.63) is 52.2 Å². The van der Waals surface area contributed by atoms with Crippen LogP contribution in [0.4, 0.5) is 5.69 Å². The highest BCUT2D eigenvalue weighted by Gasteiger charge is 2.14. The predicted molar refractivity (Wildman–Crippen MR) is 101 cm³/mol. The van der Waals surface area contributed by atoms with E-state index in [1.54, 1.807) is 30.3 Å². The molecule has 0 spiro atoms. The van der Waals surface area contributed by atoms with Gasteiger partial charge in [0.1, 0.15) is 0 Å². The summed E-state index contributed by atoms with van der Waals surface area (Å²) in [5.41, 5.74) is 1.19. The van der Waals surface area contributed by atoms with Gasteiger partial charge in [0, 0.05) is 17.8 Å². The van der Waals surface area contributed by atoms with Gasteiger partial charge in [-0.1, -0.05) is 12.1 Å². The van der Waals surface area contributed by atoms with E-state index in [0.717, 1.165) is 19.5 Å². The van der Waals surface area contributed by atoms with Crippen LogP contribution in [0.1, 0.15) is 39.3 Å². The number of piperidine rings is 1. The molecule has 132 valence electrons. The number of anilines is 1. The average molecular weight is 357 g/mol. The van der Waals surface area contributed by atoms with E-state index in [1.165, 1.54) is 24.2 Å². The van der Waals surface area contributed by atoms with Gasteiger partial charge in [-0.05, 0) is 67.9 Å². The highest BCUT2D eigenvalue weighted by molar-refractivity contribution is 7.12. The lowest BCUT2D eigenvalue weighted by molar-refractivity contribution is 0.0949. The molecule has 1 aliphatic heterocycles. The van der Waals surface area contributed by atoms with Gasteiger partial charge in [-0.2, -0.15) is 0 Å². The molecule has 6 heteroatoms. The molecule has 1 aromatic heterocycles. The first-order chi connectivity index (χ1) is 12.2. The fraction of sp³-hybridized carbons (Fsp3) is 0.368. The van der Waals surface area contributed by atoms with Gasteiger partial charge in [0.2, 0.25) is 0 Å². The zero-order chi connectivity index (χ0) is 17.5. The van der Waals surface area contributed by atoms with Crippen molar-refractivity contribution < 1.29 is 9.59 Å². The van der Waals surface area contributed by atoms with Crippen molar-refractivity contribution in [1.29, 1.82) is 0 Å². The van der Waals surface area contributed by atoms with E-state index in [0.29, 0.717) is 28.6 Å². The predicted octanol–water partition coefficient (Wildman–Crippen LogP) is 3.12. The van der Waals surface area contributed by atoms with Gasteiger partial charge in [-0.3, -0.25) is 9.59 Å². The minimum atomic E-state index is -0.155. The van der Waals surface area contributed by atoms with Crippen molar-refractivity contribution in [3.63, 3.8) is 0 Å². The molecular weight excluding hydrogens is 334 g/mol. The van der Waals surface area contributed by atoms with Crippen LogP contribution in [0, 0.1) is 5.92 Å². The van der Waals surface area contributed by atoms with Crippen molar-refractivity contribution in [1.82, 2.24) is 10.6 Å². The van der Waals surface area contributed by atoms with Gasteiger partial charge in [0.05, 0.1) is 4.88 Å². The summed E-state index contributed by atoms with van der Waals surface area (Å²) in [6.07, 6.45) is 3.44. The minimum Gasteiger partial charge on any atom is -0.352 e. The Hall–Kier alpha value is -2.18. The third kappa shape index (κ3) is 5.14. The number of carbonyl (C=O) groups is 2. The zero-order valence-corrected chi connectivity index (χ0v) is 14.9. The summed E-state index contributed by atoms with van der Waals surface area (Å²) in [6, 6.07) is 10.7. The topological polar surface area (TPSA) is 70.2 Å². The quantitative estimate of drug-likeness (QED) is 0.744. The van der Waals surface area contributed by atoms with Crippen LogP contribution in [0.5, 0.6) is 0 Å². The Bertz CT molecular complexity index is 709. The van der Waals surface area contributed by atoms with Gasteiger partial charge in [0.15, 0.2) is 0 Å². The second kappa shape index (κ2) is 8.78. The van der Waals surface area contributed by atoms with Gasteiger partial charge in [-0.15, -0.1) is 11.3 Å². The van der Waals surface area contributed by atoms with E-state index in [1.807, 2.05) is 11.4 Å². The molecule has 2 heterocycles. The Balaban J connectivity index is 1.51. The van der Waals surface area contributed by atoms with E-state index in [4.69, 9.17) is 0 Å². The third-order valence-corrected chi connectivity index (χ3v) is 5.23. The lowest BCUT2D eigenvalue weighted by atomic mass is 9.96. The molecule has 2 aromatic rings. The van der Waals surface area contributed by atoms with Crippen molar-refractivity contribution in [3.8, 4) is 0 Å². The molecule has 1 saturated heterocycles. The molecule has 1 fully saturated rings. The molecule has 0 aliphatic carbocycles. The minimum absolute atomic E-state index is 0.101. The Morgan fingerprint density at radius 2 is 2.12 bits per heavy atom. The maximum absolute atomic E-state index is 12.3. The molecule has 3 rings (SSSR count). The van der Waals surface area contributed by atoms with Crippen molar-refractivity contribution in [2.24, 2.45) is 5.92 Å². The van der Waals surface area contributed by atoms with Crippen LogP contribution >= 0.6 is 11.3 Å². The monoisotopic (exact) mass is 357 g/mol. The summed E-state index contributed by atoms with van der Waals surface area (Å²) in [4.78, 5) is 25.1. The number of thiophene rings is 1. The van der Waals surface area contributed by atoms with Crippen LogP contribution in [0.15, 0.2) is 41.8 Å². The Labute approximate surface area is 151 Å². The molecule has 25 heavy (non-hydrogen) atoms. The van der Waals surface area contributed by atoms with E-state index in [9.17, 15) is 9.59 Å². The maximum atomic E-state index is 12.3. The number of benzene rings is 1. The molecule has 0 bridgehead atoms. The average Bonchev–Trinajstić information content (AvgIpc) is 3.18. The second-order valence-corrected chi connectivity index (χ2v) is 7.22. The first-order valence-electron chi connectivity index (χ1n) is 8.66. The number of hydrogen-bond donors (Lipinski definition) is 3. The molecule has 3 N–H and O–H groups in total. The molecule has 1 aliphatic rings. The van der Waals surface area contributed by atoms with Gasteiger partial charge in [0.25, 0.3) is 11.8 Å². The summed E-state index contributed by atoms with van der Waals surface area (Å²) in [5, 5.41) is 11.1. The van der Waals surface area contributed by atoms with E-state index < -0.39 is 0 Å². The number of rotatable bonds is 6. The summed E-state index contributed by atoms with van der Waals surface area (Å²) >= 11 is 1.39. The van der Waals surface area contributed by atoms with E-state index in [2.05, 4.69) is 16.0 Å². The number of nitrogens with one attached hydrogen (secondary N) is 3. The van der Waals surface area contributed by atoms with Crippen LogP contribution < -0.4 is 16.0 Å².